The van der Waals surface area contributed by atoms with Crippen LogP contribution in [0.1, 0.15) is 38.3 Å². The number of benzene rings is 1. The van der Waals surface area contributed by atoms with Crippen molar-refractivity contribution in [1.29, 1.82) is 0 Å². The average molecular weight is 302 g/mol. The lowest BCUT2D eigenvalue weighted by Gasteiger charge is -2.36. The number of carboxylic acid groups (broad SMARTS) is 1. The molecular weight excluding hydrogens is 285 g/mol. The third-order valence-electron chi connectivity index (χ3n) is 4.03. The van der Waals surface area contributed by atoms with Crippen LogP contribution in [0.5, 0.6) is 0 Å². The Bertz CT molecular complexity index is 506. The summed E-state index contributed by atoms with van der Waals surface area (Å²) in [5.41, 5.74) is 0.0500. The summed E-state index contributed by atoms with van der Waals surface area (Å²) in [6, 6.07) is 5.23. The minimum atomic E-state index is -0.828. The quantitative estimate of drug-likeness (QED) is 0.917. The van der Waals surface area contributed by atoms with Crippen LogP contribution >= 0.6 is 23.2 Å². The Balaban J connectivity index is 2.36. The van der Waals surface area contributed by atoms with Gasteiger partial charge in [-0.05, 0) is 57.0 Å². The first kappa shape index (κ1) is 14.6. The lowest BCUT2D eigenvalue weighted by Crippen LogP contribution is -2.48. The monoisotopic (exact) mass is 301 g/mol. The van der Waals surface area contributed by atoms with Crippen molar-refractivity contribution in [1.82, 2.24) is 4.90 Å². The Morgan fingerprint density at radius 2 is 2.16 bits per heavy atom. The molecule has 19 heavy (non-hydrogen) atoms. The van der Waals surface area contributed by atoms with E-state index in [1.54, 1.807) is 19.1 Å². The molecule has 2 unspecified atom stereocenters. The highest BCUT2D eigenvalue weighted by Crippen LogP contribution is 2.39. The second-order valence-corrected chi connectivity index (χ2v) is 6.06. The van der Waals surface area contributed by atoms with Crippen LogP contribution < -0.4 is 0 Å². The zero-order chi connectivity index (χ0) is 14.2. The fourth-order valence-electron chi connectivity index (χ4n) is 2.84. The molecular formula is C14H17Cl2NO2. The molecule has 0 aromatic heterocycles. The number of carboxylic acids is 1. The van der Waals surface area contributed by atoms with Crippen LogP contribution in [0.25, 0.3) is 0 Å². The molecule has 0 aliphatic carbocycles. The van der Waals surface area contributed by atoms with Crippen molar-refractivity contribution in [3.05, 3.63) is 33.8 Å². The highest BCUT2D eigenvalue weighted by molar-refractivity contribution is 6.33. The molecule has 2 rings (SSSR count). The van der Waals surface area contributed by atoms with Crippen LogP contribution in [-0.2, 0) is 4.79 Å². The van der Waals surface area contributed by atoms with E-state index in [1.807, 2.05) is 17.9 Å². The van der Waals surface area contributed by atoms with Gasteiger partial charge in [-0.15, -0.1) is 0 Å². The lowest BCUT2D eigenvalue weighted by atomic mass is 9.96. The normalized spacial score (nSPS) is 25.5. The predicted octanol–water partition coefficient (Wildman–Crippen LogP) is 3.99. The zero-order valence-electron chi connectivity index (χ0n) is 11.0. The highest BCUT2D eigenvalue weighted by Gasteiger charge is 2.45. The summed E-state index contributed by atoms with van der Waals surface area (Å²) in [5, 5.41) is 10.7. The molecule has 1 aromatic rings. The van der Waals surface area contributed by atoms with Gasteiger partial charge in [-0.25, -0.2) is 0 Å². The molecule has 0 bridgehead atoms. The van der Waals surface area contributed by atoms with Crippen molar-refractivity contribution in [2.75, 3.05) is 6.54 Å². The van der Waals surface area contributed by atoms with E-state index in [4.69, 9.17) is 23.2 Å². The molecule has 1 fully saturated rings. The fraction of sp³-hybridized carbons (Fsp3) is 0.500. The number of hydrogen-bond acceptors (Lipinski definition) is 2. The van der Waals surface area contributed by atoms with Crippen LogP contribution in [0.2, 0.25) is 10.0 Å². The SMILES string of the molecule is CC(c1cc(Cl)ccc1Cl)N1CCCC1(C)C(=O)O. The first-order valence-corrected chi connectivity index (χ1v) is 7.07. The topological polar surface area (TPSA) is 40.5 Å². The average Bonchev–Trinajstić information content (AvgIpc) is 2.75. The number of aliphatic carboxylic acids is 1. The largest absolute Gasteiger partial charge is 0.480 e. The Morgan fingerprint density at radius 3 is 2.79 bits per heavy atom. The van der Waals surface area contributed by atoms with E-state index < -0.39 is 11.5 Å². The van der Waals surface area contributed by atoms with Crippen molar-refractivity contribution in [3.63, 3.8) is 0 Å². The van der Waals surface area contributed by atoms with Gasteiger partial charge in [0.25, 0.3) is 0 Å². The van der Waals surface area contributed by atoms with E-state index in [1.165, 1.54) is 0 Å². The molecule has 5 heteroatoms. The standard InChI is InChI=1S/C14H17Cl2NO2/c1-9(11-8-10(15)4-5-12(11)16)17-7-3-6-14(17,2)13(18)19/h4-5,8-9H,3,6-7H2,1-2H3,(H,18,19). The molecule has 2 atom stereocenters. The number of likely N-dealkylation sites (tertiary alicyclic amines) is 1. The van der Waals surface area contributed by atoms with Crippen LogP contribution in [0.4, 0.5) is 0 Å². The van der Waals surface area contributed by atoms with E-state index in [9.17, 15) is 9.90 Å². The predicted molar refractivity (Wildman–Crippen MR) is 76.9 cm³/mol. The summed E-state index contributed by atoms with van der Waals surface area (Å²) >= 11 is 12.2. The molecule has 0 saturated carbocycles. The van der Waals surface area contributed by atoms with E-state index >= 15 is 0 Å². The molecule has 1 N–H and O–H groups in total. The molecule has 1 aromatic carbocycles. The van der Waals surface area contributed by atoms with Crippen LogP contribution in [-0.4, -0.2) is 28.1 Å². The molecule has 104 valence electrons. The summed E-state index contributed by atoms with van der Waals surface area (Å²) in [4.78, 5) is 13.5. The van der Waals surface area contributed by atoms with Crippen molar-refractivity contribution in [2.45, 2.75) is 38.3 Å². The molecule has 0 spiro atoms. The van der Waals surface area contributed by atoms with Crippen LogP contribution in [0.15, 0.2) is 18.2 Å². The fourth-order valence-corrected chi connectivity index (χ4v) is 3.29. The minimum absolute atomic E-state index is 0.0743. The van der Waals surface area contributed by atoms with Gasteiger partial charge in [-0.1, -0.05) is 23.2 Å². The molecule has 1 aliphatic heterocycles. The van der Waals surface area contributed by atoms with Crippen LogP contribution in [0, 0.1) is 0 Å². The van der Waals surface area contributed by atoms with Gasteiger partial charge in [0, 0.05) is 16.1 Å². The Labute approximate surface area is 123 Å². The van der Waals surface area contributed by atoms with Gasteiger partial charge in [0.1, 0.15) is 5.54 Å². The number of rotatable bonds is 3. The van der Waals surface area contributed by atoms with Crippen molar-refractivity contribution in [2.24, 2.45) is 0 Å². The van der Waals surface area contributed by atoms with E-state index in [0.717, 1.165) is 18.5 Å². The summed E-state index contributed by atoms with van der Waals surface area (Å²) in [6.45, 7) is 4.51. The maximum absolute atomic E-state index is 11.5. The molecule has 1 aliphatic rings. The maximum atomic E-state index is 11.5. The Kier molecular flexibility index (Phi) is 4.09. The van der Waals surface area contributed by atoms with Crippen LogP contribution in [0.3, 0.4) is 0 Å². The Morgan fingerprint density at radius 1 is 1.47 bits per heavy atom. The smallest absolute Gasteiger partial charge is 0.323 e. The molecule has 0 radical (unpaired) electrons. The maximum Gasteiger partial charge on any atom is 0.323 e. The zero-order valence-corrected chi connectivity index (χ0v) is 12.5. The number of halogens is 2. The highest BCUT2D eigenvalue weighted by atomic mass is 35.5. The second-order valence-electron chi connectivity index (χ2n) is 5.22. The van der Waals surface area contributed by atoms with Gasteiger partial charge in [0.2, 0.25) is 0 Å². The summed E-state index contributed by atoms with van der Waals surface area (Å²) in [5.74, 6) is -0.782. The third kappa shape index (κ3) is 2.60. The Hall–Kier alpha value is -0.770. The van der Waals surface area contributed by atoms with Gasteiger partial charge in [0.15, 0.2) is 0 Å². The molecule has 0 amide bonds. The number of hydrogen-bond donors (Lipinski definition) is 1. The van der Waals surface area contributed by atoms with E-state index in [2.05, 4.69) is 0 Å². The third-order valence-corrected chi connectivity index (χ3v) is 4.61. The molecule has 1 heterocycles. The minimum Gasteiger partial charge on any atom is -0.480 e. The van der Waals surface area contributed by atoms with Crippen molar-refractivity contribution < 1.29 is 9.90 Å². The van der Waals surface area contributed by atoms with Gasteiger partial charge in [-0.3, -0.25) is 9.69 Å². The van der Waals surface area contributed by atoms with E-state index in [-0.39, 0.29) is 6.04 Å². The van der Waals surface area contributed by atoms with E-state index in [0.29, 0.717) is 16.5 Å². The van der Waals surface area contributed by atoms with Crippen molar-refractivity contribution >= 4 is 29.2 Å². The first-order valence-electron chi connectivity index (χ1n) is 6.31. The van der Waals surface area contributed by atoms with Gasteiger partial charge in [0.05, 0.1) is 0 Å². The second kappa shape index (κ2) is 5.31. The summed E-state index contributed by atoms with van der Waals surface area (Å²) in [7, 11) is 0. The first-order chi connectivity index (χ1) is 8.86. The molecule has 3 nitrogen and oxygen atoms in total. The number of carbonyl (C=O) groups is 1. The molecule has 1 saturated heterocycles. The lowest BCUT2D eigenvalue weighted by molar-refractivity contribution is -0.149. The van der Waals surface area contributed by atoms with Gasteiger partial charge in [-0.2, -0.15) is 0 Å². The summed E-state index contributed by atoms with van der Waals surface area (Å²) < 4.78 is 0. The number of nitrogens with zero attached hydrogens (tertiary/aromatic N) is 1. The summed E-state index contributed by atoms with van der Waals surface area (Å²) in [6.07, 6.45) is 1.54. The van der Waals surface area contributed by atoms with Gasteiger partial charge < -0.3 is 5.11 Å². The van der Waals surface area contributed by atoms with Crippen molar-refractivity contribution in [3.8, 4) is 0 Å². The van der Waals surface area contributed by atoms with Gasteiger partial charge >= 0.3 is 5.97 Å².